The zero-order chi connectivity index (χ0) is 17.1. The molecule has 3 rings (SSSR count). The van der Waals surface area contributed by atoms with E-state index in [2.05, 4.69) is 10.3 Å². The largest absolute Gasteiger partial charge is 0.478 e. The lowest BCUT2D eigenvalue weighted by atomic mass is 10.1. The summed E-state index contributed by atoms with van der Waals surface area (Å²) in [4.78, 5) is 16.8. The normalized spacial score (nSPS) is 12.0. The second kappa shape index (κ2) is 6.66. The van der Waals surface area contributed by atoms with Gasteiger partial charge in [0.2, 0.25) is 0 Å². The number of fused-ring (bicyclic) bond motifs is 1. The lowest BCUT2D eigenvalue weighted by molar-refractivity contribution is -0.122. The van der Waals surface area contributed by atoms with Crippen molar-refractivity contribution in [2.24, 2.45) is 0 Å². The van der Waals surface area contributed by atoms with Crippen molar-refractivity contribution in [3.8, 4) is 5.75 Å². The fourth-order valence-electron chi connectivity index (χ4n) is 2.36. The molecule has 0 radical (unpaired) electrons. The summed E-state index contributed by atoms with van der Waals surface area (Å²) in [5.41, 5.74) is 2.17. The van der Waals surface area contributed by atoms with Crippen LogP contribution in [0.15, 0.2) is 54.6 Å². The quantitative estimate of drug-likeness (QED) is 0.786. The molecule has 0 aliphatic carbocycles. The minimum atomic E-state index is -0.845. The van der Waals surface area contributed by atoms with Crippen molar-refractivity contribution < 1.29 is 13.9 Å². The van der Waals surface area contributed by atoms with Gasteiger partial charge in [0, 0.05) is 11.1 Å². The SMILES string of the molecule is Cc1ccc2cccc(NC(=O)C(C)Oc3ccccc3F)c2n1. The maximum Gasteiger partial charge on any atom is 0.265 e. The van der Waals surface area contributed by atoms with Crippen LogP contribution >= 0.6 is 0 Å². The fourth-order valence-corrected chi connectivity index (χ4v) is 2.36. The first-order valence-electron chi connectivity index (χ1n) is 7.63. The summed E-state index contributed by atoms with van der Waals surface area (Å²) in [6.07, 6.45) is -0.845. The minimum absolute atomic E-state index is 0.0482. The van der Waals surface area contributed by atoms with Crippen LogP contribution in [0.3, 0.4) is 0 Å². The van der Waals surface area contributed by atoms with E-state index in [1.807, 2.05) is 31.2 Å². The predicted octanol–water partition coefficient (Wildman–Crippen LogP) is 4.09. The Morgan fingerprint density at radius 3 is 2.71 bits per heavy atom. The second-order valence-corrected chi connectivity index (χ2v) is 5.51. The number of amides is 1. The van der Waals surface area contributed by atoms with Gasteiger partial charge in [0.05, 0.1) is 11.2 Å². The second-order valence-electron chi connectivity index (χ2n) is 5.51. The summed E-state index contributed by atoms with van der Waals surface area (Å²) in [6.45, 7) is 3.47. The molecule has 4 nitrogen and oxygen atoms in total. The zero-order valence-corrected chi connectivity index (χ0v) is 13.4. The van der Waals surface area contributed by atoms with Crippen LogP contribution in [0.1, 0.15) is 12.6 Å². The molecule has 0 aliphatic heterocycles. The van der Waals surface area contributed by atoms with Gasteiger partial charge < -0.3 is 10.1 Å². The molecule has 1 N–H and O–H groups in total. The third-order valence-corrected chi connectivity index (χ3v) is 3.63. The van der Waals surface area contributed by atoms with Gasteiger partial charge in [-0.25, -0.2) is 4.39 Å². The van der Waals surface area contributed by atoms with Crippen LogP contribution < -0.4 is 10.1 Å². The number of benzene rings is 2. The maximum absolute atomic E-state index is 13.6. The van der Waals surface area contributed by atoms with E-state index in [-0.39, 0.29) is 11.7 Å². The van der Waals surface area contributed by atoms with Crippen LogP contribution in [0.5, 0.6) is 5.75 Å². The number of para-hydroxylation sites is 2. The van der Waals surface area contributed by atoms with Gasteiger partial charge in [-0.15, -0.1) is 0 Å². The first-order valence-corrected chi connectivity index (χ1v) is 7.63. The van der Waals surface area contributed by atoms with Crippen molar-refractivity contribution in [3.05, 3.63) is 66.1 Å². The van der Waals surface area contributed by atoms with Crippen LogP contribution in [0, 0.1) is 12.7 Å². The van der Waals surface area contributed by atoms with Crippen molar-refractivity contribution in [2.75, 3.05) is 5.32 Å². The number of ether oxygens (including phenoxy) is 1. The Bertz CT molecular complexity index is 895. The number of halogens is 1. The molecule has 0 saturated carbocycles. The van der Waals surface area contributed by atoms with Gasteiger partial charge in [0.25, 0.3) is 5.91 Å². The molecule has 0 aliphatic rings. The number of aromatic nitrogens is 1. The van der Waals surface area contributed by atoms with Gasteiger partial charge in [0.1, 0.15) is 0 Å². The highest BCUT2D eigenvalue weighted by Crippen LogP contribution is 2.23. The molecule has 122 valence electrons. The Morgan fingerprint density at radius 1 is 1.12 bits per heavy atom. The molecule has 5 heteroatoms. The summed E-state index contributed by atoms with van der Waals surface area (Å²) in [7, 11) is 0. The van der Waals surface area contributed by atoms with Crippen molar-refractivity contribution in [2.45, 2.75) is 20.0 Å². The fraction of sp³-hybridized carbons (Fsp3) is 0.158. The Balaban J connectivity index is 1.80. The first kappa shape index (κ1) is 15.9. The number of pyridine rings is 1. The summed E-state index contributed by atoms with van der Waals surface area (Å²) in [5, 5.41) is 3.73. The summed E-state index contributed by atoms with van der Waals surface area (Å²) < 4.78 is 19.0. The van der Waals surface area contributed by atoms with Crippen molar-refractivity contribution in [3.63, 3.8) is 0 Å². The predicted molar refractivity (Wildman–Crippen MR) is 91.6 cm³/mol. The highest BCUT2D eigenvalue weighted by molar-refractivity contribution is 6.01. The molecular weight excluding hydrogens is 307 g/mol. The Labute approximate surface area is 139 Å². The van der Waals surface area contributed by atoms with Crippen LogP contribution in [0.4, 0.5) is 10.1 Å². The van der Waals surface area contributed by atoms with E-state index in [4.69, 9.17) is 4.74 Å². The molecule has 24 heavy (non-hydrogen) atoms. The number of nitrogens with zero attached hydrogens (tertiary/aromatic N) is 1. The number of aryl methyl sites for hydroxylation is 1. The topological polar surface area (TPSA) is 51.2 Å². The highest BCUT2D eigenvalue weighted by atomic mass is 19.1. The van der Waals surface area contributed by atoms with Crippen LogP contribution in [0.2, 0.25) is 0 Å². The molecule has 0 saturated heterocycles. The van der Waals surface area contributed by atoms with Gasteiger partial charge in [-0.3, -0.25) is 9.78 Å². The number of anilines is 1. The minimum Gasteiger partial charge on any atom is -0.478 e. The Kier molecular flexibility index (Phi) is 4.42. The maximum atomic E-state index is 13.6. The van der Waals surface area contributed by atoms with E-state index in [9.17, 15) is 9.18 Å². The average Bonchev–Trinajstić information content (AvgIpc) is 2.57. The smallest absolute Gasteiger partial charge is 0.265 e. The first-order chi connectivity index (χ1) is 11.5. The van der Waals surface area contributed by atoms with Gasteiger partial charge >= 0.3 is 0 Å². The third-order valence-electron chi connectivity index (χ3n) is 3.63. The molecular formula is C19H17FN2O2. The van der Waals surface area contributed by atoms with E-state index in [1.54, 1.807) is 25.1 Å². The van der Waals surface area contributed by atoms with E-state index >= 15 is 0 Å². The molecule has 3 aromatic rings. The van der Waals surface area contributed by atoms with Crippen LogP contribution in [0.25, 0.3) is 10.9 Å². The number of carbonyl (C=O) groups excluding carboxylic acids is 1. The van der Waals surface area contributed by atoms with Crippen molar-refractivity contribution in [1.82, 2.24) is 4.98 Å². The number of nitrogens with one attached hydrogen (secondary N) is 1. The van der Waals surface area contributed by atoms with Gasteiger partial charge in [-0.1, -0.05) is 30.3 Å². The molecule has 0 bridgehead atoms. The molecule has 1 heterocycles. The lowest BCUT2D eigenvalue weighted by Crippen LogP contribution is -2.30. The van der Waals surface area contributed by atoms with Gasteiger partial charge in [-0.05, 0) is 38.1 Å². The Morgan fingerprint density at radius 2 is 1.92 bits per heavy atom. The highest BCUT2D eigenvalue weighted by Gasteiger charge is 2.17. The molecule has 1 aromatic heterocycles. The number of rotatable bonds is 4. The van der Waals surface area contributed by atoms with E-state index in [0.717, 1.165) is 11.1 Å². The zero-order valence-electron chi connectivity index (χ0n) is 13.4. The van der Waals surface area contributed by atoms with Gasteiger partial charge in [0.15, 0.2) is 17.7 Å². The van der Waals surface area contributed by atoms with Crippen LogP contribution in [-0.2, 0) is 4.79 Å². The lowest BCUT2D eigenvalue weighted by Gasteiger charge is -2.16. The molecule has 0 spiro atoms. The van der Waals surface area contributed by atoms with Crippen molar-refractivity contribution >= 4 is 22.5 Å². The average molecular weight is 324 g/mol. The molecule has 1 unspecified atom stereocenters. The monoisotopic (exact) mass is 324 g/mol. The molecule has 2 aromatic carbocycles. The number of carbonyl (C=O) groups is 1. The molecule has 0 fully saturated rings. The van der Waals surface area contributed by atoms with E-state index in [1.165, 1.54) is 12.1 Å². The molecule has 1 amide bonds. The summed E-state index contributed by atoms with van der Waals surface area (Å²) >= 11 is 0. The number of hydrogen-bond donors (Lipinski definition) is 1. The summed E-state index contributed by atoms with van der Waals surface area (Å²) in [6, 6.07) is 15.4. The van der Waals surface area contributed by atoms with E-state index in [0.29, 0.717) is 11.2 Å². The molecule has 1 atom stereocenters. The Hall–Kier alpha value is -2.95. The van der Waals surface area contributed by atoms with Crippen molar-refractivity contribution in [1.29, 1.82) is 0 Å². The third kappa shape index (κ3) is 3.35. The number of hydrogen-bond acceptors (Lipinski definition) is 3. The van der Waals surface area contributed by atoms with Gasteiger partial charge in [-0.2, -0.15) is 0 Å². The standard InChI is InChI=1S/C19H17FN2O2/c1-12-10-11-14-6-5-8-16(18(14)21-12)22-19(23)13(2)24-17-9-4-3-7-15(17)20/h3-11,13H,1-2H3,(H,22,23). The van der Waals surface area contributed by atoms with Crippen LogP contribution in [-0.4, -0.2) is 17.0 Å². The van der Waals surface area contributed by atoms with E-state index < -0.39 is 11.9 Å². The summed E-state index contributed by atoms with van der Waals surface area (Å²) in [5.74, 6) is -0.819.